The van der Waals surface area contributed by atoms with Crippen molar-refractivity contribution in [2.75, 3.05) is 0 Å². The van der Waals surface area contributed by atoms with Gasteiger partial charge >= 0.3 is 128 Å². The quantitative estimate of drug-likeness (QED) is 0.107. The Labute approximate surface area is 356 Å². The number of nitrogens with zero attached hydrogens (tertiary/aromatic N) is 2. The number of furan rings is 1. The monoisotopic (exact) mass is 988 g/mol. The molecule has 1 aliphatic rings. The van der Waals surface area contributed by atoms with Crippen LogP contribution in [0.1, 0.15) is 82.8 Å². The average molecular weight is 987 g/mol. The molecule has 3 aromatic heterocycles. The second-order valence-electron chi connectivity index (χ2n) is 16.1. The van der Waals surface area contributed by atoms with E-state index in [1.165, 1.54) is 6.07 Å². The molecule has 1 saturated carbocycles. The van der Waals surface area contributed by atoms with Crippen molar-refractivity contribution in [2.24, 2.45) is 11.8 Å². The summed E-state index contributed by atoms with van der Waals surface area (Å²) in [4.78, 5) is 9.23. The number of benzene rings is 4. The van der Waals surface area contributed by atoms with Crippen LogP contribution in [-0.2, 0) is 32.9 Å². The van der Waals surface area contributed by atoms with Crippen molar-refractivity contribution in [3.05, 3.63) is 138 Å². The van der Waals surface area contributed by atoms with Gasteiger partial charge < -0.3 is 9.40 Å². The second kappa shape index (κ2) is 18.1. The van der Waals surface area contributed by atoms with Crippen LogP contribution in [0.4, 0.5) is 4.39 Å². The summed E-state index contributed by atoms with van der Waals surface area (Å²) in [6, 6.07) is 34.6. The van der Waals surface area contributed by atoms with E-state index in [4.69, 9.17) is 11.3 Å². The van der Waals surface area contributed by atoms with E-state index in [0.717, 1.165) is 58.0 Å². The Morgan fingerprint density at radius 3 is 2.25 bits per heavy atom. The predicted octanol–water partition coefficient (Wildman–Crippen LogP) is 13.4. The average Bonchev–Trinajstić information content (AvgIpc) is 3.91. The van der Waals surface area contributed by atoms with Gasteiger partial charge in [0, 0.05) is 41.6 Å². The fourth-order valence-electron chi connectivity index (χ4n) is 7.37. The number of pyridine rings is 2. The third-order valence-corrected chi connectivity index (χ3v) is 14.4. The summed E-state index contributed by atoms with van der Waals surface area (Å²) in [6.07, 6.45) is 4.22. The molecule has 0 saturated heterocycles. The van der Waals surface area contributed by atoms with E-state index in [0.29, 0.717) is 44.3 Å². The second-order valence-corrected chi connectivity index (χ2v) is 26.6. The summed E-state index contributed by atoms with van der Waals surface area (Å²) in [6.45, 7) is 7.38. The van der Waals surface area contributed by atoms with Gasteiger partial charge in [0.25, 0.3) is 0 Å². The standard InChI is InChI=1S/C32H29FNO.C18H24GeN.Ir/c1-20(2)27-19-34-29(17-24(27)16-21-8-6-7-9-21)25-14-15-28(33)31-26-13-12-23(18-30(26)35-32(25)31)22-10-4-3-5-11-22;1-14(2)11-16-12-18(15-9-7-6-8-10-15)20-13-17(16)19(3,4)5;/h3-5,10-13,15,17-21H,6-9,16H2,1-2H3;6-9,12-14H,11H2,1-5H3;/q2*-1;/i16D2,20D;11D2;. The molecule has 0 unspecified atom stereocenters. The van der Waals surface area contributed by atoms with E-state index < -0.39 is 37.7 Å². The summed E-state index contributed by atoms with van der Waals surface area (Å²) in [5.74, 6) is 5.20. The Kier molecular flexibility index (Phi) is 11.4. The number of rotatable bonds is 9. The van der Waals surface area contributed by atoms with E-state index in [2.05, 4.69) is 39.4 Å². The minimum atomic E-state index is -2.20. The van der Waals surface area contributed by atoms with Crippen molar-refractivity contribution < 1.29 is 35.8 Å². The molecule has 291 valence electrons. The first-order chi connectivity index (χ1) is 28.3. The maximum atomic E-state index is 15.2. The largest absolute Gasteiger partial charge is 0 e. The molecule has 6 heteroatoms. The van der Waals surface area contributed by atoms with Crippen molar-refractivity contribution >= 4 is 39.6 Å². The van der Waals surface area contributed by atoms with Crippen molar-refractivity contribution in [2.45, 2.75) is 89.3 Å². The molecule has 0 amide bonds. The van der Waals surface area contributed by atoms with Gasteiger partial charge in [-0.15, -0.1) is 12.1 Å². The van der Waals surface area contributed by atoms with Gasteiger partial charge in [-0.05, 0) is 57.6 Å². The van der Waals surface area contributed by atoms with E-state index in [-0.39, 0.29) is 31.9 Å². The first kappa shape index (κ1) is 35.3. The number of fused-ring (bicyclic) bond motifs is 3. The maximum absolute atomic E-state index is 15.2. The van der Waals surface area contributed by atoms with E-state index >= 15 is 4.39 Å². The SMILES string of the molecule is [2H]C(C)(C)c1cnc(-c2[c-]cc(F)c3c2oc2cc(-c4ccccc4)ccc23)cc1C([2H])([2H])C1CCCC1.[2H]C([2H])(c1cc(-c2[c-]cccc2)nc[c]1[Ge]([CH3])([CH3])[CH3])C(C)C.[Ir]. The summed E-state index contributed by atoms with van der Waals surface area (Å²) in [7, 11) is 0. The van der Waals surface area contributed by atoms with Crippen LogP contribution in [0.25, 0.3) is 55.6 Å². The zero-order valence-electron chi connectivity index (χ0n) is 38.3. The summed E-state index contributed by atoms with van der Waals surface area (Å²) < 4.78 is 66.6. The Morgan fingerprint density at radius 2 is 1.57 bits per heavy atom. The molecule has 8 rings (SSSR count). The van der Waals surface area contributed by atoms with Crippen molar-refractivity contribution in [1.29, 1.82) is 0 Å². The first-order valence-corrected chi connectivity index (χ1v) is 26.7. The van der Waals surface area contributed by atoms with Gasteiger partial charge in [0.15, 0.2) is 0 Å². The Morgan fingerprint density at radius 1 is 0.857 bits per heavy atom. The molecule has 0 aliphatic heterocycles. The molecule has 7 aromatic rings. The van der Waals surface area contributed by atoms with Crippen LogP contribution in [-0.4, -0.2) is 23.2 Å². The fourth-order valence-corrected chi connectivity index (χ4v) is 10.3. The number of halogens is 1. The molecule has 3 heterocycles. The molecule has 3 nitrogen and oxygen atoms in total. The number of hydrogen-bond donors (Lipinski definition) is 0. The number of hydrogen-bond acceptors (Lipinski definition) is 3. The topological polar surface area (TPSA) is 38.9 Å². The summed E-state index contributed by atoms with van der Waals surface area (Å²) in [5.41, 5.74) is 7.42. The van der Waals surface area contributed by atoms with Crippen molar-refractivity contribution in [1.82, 2.24) is 9.97 Å². The van der Waals surface area contributed by atoms with E-state index in [1.807, 2.05) is 98.9 Å². The molecule has 1 radical (unpaired) electrons. The molecule has 56 heavy (non-hydrogen) atoms. The molecule has 0 spiro atoms. The van der Waals surface area contributed by atoms with Gasteiger partial charge in [0.05, 0.1) is 5.58 Å². The normalized spacial score (nSPS) is 15.3. The molecule has 1 fully saturated rings. The molecule has 1 aliphatic carbocycles. The van der Waals surface area contributed by atoms with Crippen molar-refractivity contribution in [3.63, 3.8) is 0 Å². The Balaban J connectivity index is 0.000000232. The van der Waals surface area contributed by atoms with Crippen LogP contribution in [0, 0.1) is 29.8 Å². The third-order valence-electron chi connectivity index (χ3n) is 10.2. The minimum absolute atomic E-state index is 0. The summed E-state index contributed by atoms with van der Waals surface area (Å²) in [5, 5.41) is 1.03. The zero-order chi connectivity index (χ0) is 43.2. The van der Waals surface area contributed by atoms with Crippen LogP contribution >= 0.6 is 0 Å². The molecule has 4 aromatic carbocycles. The van der Waals surface area contributed by atoms with E-state index in [1.54, 1.807) is 26.1 Å². The minimum Gasteiger partial charge on any atom is 0 e. The fraction of sp³-hybridized carbons (Fsp3) is 0.320. The first-order valence-electron chi connectivity index (χ1n) is 21.9. The van der Waals surface area contributed by atoms with Crippen LogP contribution in [0.2, 0.25) is 17.3 Å². The van der Waals surface area contributed by atoms with Gasteiger partial charge in [-0.3, -0.25) is 4.39 Å². The molecule has 0 atom stereocenters. The molecular formula is C50H53FGeIrN2O-2. The smallest absolute Gasteiger partial charge is 0 e. The molecular weight excluding hydrogens is 928 g/mol. The third kappa shape index (κ3) is 9.44. The van der Waals surface area contributed by atoms with Gasteiger partial charge in [-0.2, -0.15) is 0 Å². The molecule has 0 N–H and O–H groups in total. The van der Waals surface area contributed by atoms with Crippen LogP contribution < -0.4 is 4.40 Å². The van der Waals surface area contributed by atoms with E-state index in [9.17, 15) is 0 Å². The van der Waals surface area contributed by atoms with Gasteiger partial charge in [-0.25, -0.2) is 0 Å². The van der Waals surface area contributed by atoms with Crippen LogP contribution in [0.3, 0.4) is 0 Å². The van der Waals surface area contributed by atoms with Gasteiger partial charge in [0.2, 0.25) is 0 Å². The zero-order valence-corrected chi connectivity index (χ0v) is 37.8. The van der Waals surface area contributed by atoms with Crippen LogP contribution in [0.5, 0.6) is 0 Å². The summed E-state index contributed by atoms with van der Waals surface area (Å²) >= 11 is -2.20. The van der Waals surface area contributed by atoms with Gasteiger partial charge in [-0.1, -0.05) is 93.6 Å². The Bertz CT molecular complexity index is 2630. The van der Waals surface area contributed by atoms with Crippen molar-refractivity contribution in [3.8, 4) is 33.6 Å². The van der Waals surface area contributed by atoms with Crippen LogP contribution in [0.15, 0.2) is 108 Å². The number of aromatic nitrogens is 2. The predicted molar refractivity (Wildman–Crippen MR) is 231 cm³/mol. The maximum Gasteiger partial charge on any atom is 0 e. The Hall–Kier alpha value is -3.90. The van der Waals surface area contributed by atoms with Gasteiger partial charge in [0.1, 0.15) is 5.58 Å². The molecule has 0 bridgehead atoms.